The van der Waals surface area contributed by atoms with Gasteiger partial charge in [-0.1, -0.05) is 36.4 Å². The van der Waals surface area contributed by atoms with Gasteiger partial charge in [-0.3, -0.25) is 4.79 Å². The van der Waals surface area contributed by atoms with Gasteiger partial charge in [-0.05, 0) is 18.4 Å². The largest absolute Gasteiger partial charge is 0.480 e. The van der Waals surface area contributed by atoms with Crippen molar-refractivity contribution in [1.29, 1.82) is 0 Å². The summed E-state index contributed by atoms with van der Waals surface area (Å²) in [6, 6.07) is 14.1. The van der Waals surface area contributed by atoms with Crippen LogP contribution in [0, 0.1) is 0 Å². The van der Waals surface area contributed by atoms with Crippen molar-refractivity contribution in [3.8, 4) is 0 Å². The molecule has 2 rings (SSSR count). The Morgan fingerprint density at radius 1 is 1.26 bits per heavy atom. The standard InChI is InChI=1S/C15H16ClNO2/c1-2-17(10-13(16)15(18)19)14-9-5-7-11-6-3-4-8-12(11)14/h3-9,13H,2,10H2,1H3,(H,18,19). The maximum absolute atomic E-state index is 10.9. The van der Waals surface area contributed by atoms with E-state index in [4.69, 9.17) is 16.7 Å². The lowest BCUT2D eigenvalue weighted by atomic mass is 10.1. The van der Waals surface area contributed by atoms with Crippen LogP contribution in [0.4, 0.5) is 5.69 Å². The molecule has 1 atom stereocenters. The highest BCUT2D eigenvalue weighted by Gasteiger charge is 2.18. The lowest BCUT2D eigenvalue weighted by molar-refractivity contribution is -0.136. The molecule has 3 nitrogen and oxygen atoms in total. The zero-order valence-electron chi connectivity index (χ0n) is 10.7. The van der Waals surface area contributed by atoms with Crippen molar-refractivity contribution in [2.24, 2.45) is 0 Å². The summed E-state index contributed by atoms with van der Waals surface area (Å²) in [6.45, 7) is 3.00. The number of carboxylic acid groups (broad SMARTS) is 1. The quantitative estimate of drug-likeness (QED) is 0.852. The fraction of sp³-hybridized carbons (Fsp3) is 0.267. The molecular formula is C15H16ClNO2. The molecule has 0 heterocycles. The van der Waals surface area contributed by atoms with E-state index in [2.05, 4.69) is 0 Å². The van der Waals surface area contributed by atoms with E-state index < -0.39 is 11.3 Å². The second kappa shape index (κ2) is 5.93. The fourth-order valence-electron chi connectivity index (χ4n) is 2.15. The SMILES string of the molecule is CCN(CC(Cl)C(=O)O)c1cccc2ccccc12. The third kappa shape index (κ3) is 2.99. The first-order valence-corrected chi connectivity index (χ1v) is 6.66. The van der Waals surface area contributed by atoms with Crippen LogP contribution in [0.3, 0.4) is 0 Å². The van der Waals surface area contributed by atoms with Gasteiger partial charge in [-0.25, -0.2) is 0 Å². The normalized spacial score (nSPS) is 12.3. The molecule has 0 aliphatic heterocycles. The van der Waals surface area contributed by atoms with E-state index in [1.807, 2.05) is 54.3 Å². The van der Waals surface area contributed by atoms with E-state index in [1.165, 1.54) is 0 Å². The predicted molar refractivity (Wildman–Crippen MR) is 79.1 cm³/mol. The molecule has 0 aliphatic rings. The number of nitrogens with zero attached hydrogens (tertiary/aromatic N) is 1. The number of aliphatic carboxylic acids is 1. The van der Waals surface area contributed by atoms with Gasteiger partial charge in [0.2, 0.25) is 0 Å². The molecule has 0 fully saturated rings. The second-order valence-corrected chi connectivity index (χ2v) is 4.87. The highest BCUT2D eigenvalue weighted by atomic mass is 35.5. The first kappa shape index (κ1) is 13.7. The van der Waals surface area contributed by atoms with Crippen molar-refractivity contribution in [2.75, 3.05) is 18.0 Å². The van der Waals surface area contributed by atoms with Crippen LogP contribution in [0.2, 0.25) is 0 Å². The number of carbonyl (C=O) groups is 1. The summed E-state index contributed by atoms with van der Waals surface area (Å²) < 4.78 is 0. The van der Waals surface area contributed by atoms with Crippen LogP contribution in [-0.4, -0.2) is 29.5 Å². The van der Waals surface area contributed by atoms with Gasteiger partial charge in [0.1, 0.15) is 5.38 Å². The van der Waals surface area contributed by atoms with Crippen LogP contribution in [-0.2, 0) is 4.79 Å². The lowest BCUT2D eigenvalue weighted by Gasteiger charge is -2.25. The van der Waals surface area contributed by atoms with Crippen molar-refractivity contribution in [1.82, 2.24) is 0 Å². The number of rotatable bonds is 5. The minimum atomic E-state index is -0.986. The Labute approximate surface area is 117 Å². The van der Waals surface area contributed by atoms with Gasteiger partial charge in [0.25, 0.3) is 0 Å². The van der Waals surface area contributed by atoms with Gasteiger partial charge in [0.15, 0.2) is 0 Å². The van der Waals surface area contributed by atoms with E-state index >= 15 is 0 Å². The number of fused-ring (bicyclic) bond motifs is 1. The summed E-state index contributed by atoms with van der Waals surface area (Å²) in [5.74, 6) is -0.986. The van der Waals surface area contributed by atoms with Crippen molar-refractivity contribution in [3.63, 3.8) is 0 Å². The summed E-state index contributed by atoms with van der Waals surface area (Å²) >= 11 is 5.85. The summed E-state index contributed by atoms with van der Waals surface area (Å²) in [5.41, 5.74) is 1.02. The second-order valence-electron chi connectivity index (χ2n) is 4.34. The Hall–Kier alpha value is -1.74. The molecule has 2 aromatic rings. The van der Waals surface area contributed by atoms with Crippen molar-refractivity contribution >= 4 is 34.0 Å². The first-order valence-electron chi connectivity index (χ1n) is 6.23. The molecule has 0 radical (unpaired) electrons. The summed E-state index contributed by atoms with van der Waals surface area (Å²) in [5, 5.41) is 10.3. The molecule has 0 aromatic heterocycles. The van der Waals surface area contributed by atoms with E-state index in [0.29, 0.717) is 13.1 Å². The molecule has 0 aliphatic carbocycles. The maximum atomic E-state index is 10.9. The molecule has 100 valence electrons. The molecular weight excluding hydrogens is 262 g/mol. The zero-order valence-corrected chi connectivity index (χ0v) is 11.5. The molecule has 4 heteroatoms. The smallest absolute Gasteiger partial charge is 0.323 e. The van der Waals surface area contributed by atoms with Crippen molar-refractivity contribution < 1.29 is 9.90 Å². The lowest BCUT2D eigenvalue weighted by Crippen LogP contribution is -2.33. The van der Waals surface area contributed by atoms with Gasteiger partial charge >= 0.3 is 5.97 Å². The summed E-state index contributed by atoms with van der Waals surface area (Å²) in [7, 11) is 0. The Kier molecular flexibility index (Phi) is 4.27. The molecule has 0 bridgehead atoms. The first-order chi connectivity index (χ1) is 9.13. The number of alkyl halides is 1. The highest BCUT2D eigenvalue weighted by molar-refractivity contribution is 6.30. The third-order valence-electron chi connectivity index (χ3n) is 3.14. The minimum absolute atomic E-state index is 0.293. The van der Waals surface area contributed by atoms with Crippen LogP contribution in [0.5, 0.6) is 0 Å². The average molecular weight is 278 g/mol. The Bertz CT molecular complexity index is 580. The maximum Gasteiger partial charge on any atom is 0.323 e. The summed E-state index contributed by atoms with van der Waals surface area (Å²) in [4.78, 5) is 12.9. The van der Waals surface area contributed by atoms with Crippen LogP contribution in [0.15, 0.2) is 42.5 Å². The van der Waals surface area contributed by atoms with Crippen LogP contribution >= 0.6 is 11.6 Å². The number of anilines is 1. The number of hydrogen-bond donors (Lipinski definition) is 1. The van der Waals surface area contributed by atoms with E-state index in [9.17, 15) is 4.79 Å². The van der Waals surface area contributed by atoms with Crippen molar-refractivity contribution in [3.05, 3.63) is 42.5 Å². The van der Waals surface area contributed by atoms with Crippen LogP contribution in [0.25, 0.3) is 10.8 Å². The highest BCUT2D eigenvalue weighted by Crippen LogP contribution is 2.27. The van der Waals surface area contributed by atoms with Crippen LogP contribution in [0.1, 0.15) is 6.92 Å². The Morgan fingerprint density at radius 2 is 1.95 bits per heavy atom. The number of carboxylic acids is 1. The number of hydrogen-bond acceptors (Lipinski definition) is 2. The molecule has 1 N–H and O–H groups in total. The third-order valence-corrected chi connectivity index (χ3v) is 3.46. The van der Waals surface area contributed by atoms with Gasteiger partial charge < -0.3 is 10.0 Å². The number of halogens is 1. The van der Waals surface area contributed by atoms with Crippen LogP contribution < -0.4 is 4.90 Å². The molecule has 0 saturated heterocycles. The van der Waals surface area contributed by atoms with Gasteiger partial charge in [0.05, 0.1) is 0 Å². The number of benzene rings is 2. The monoisotopic (exact) mass is 277 g/mol. The van der Waals surface area contributed by atoms with Gasteiger partial charge in [-0.15, -0.1) is 11.6 Å². The Morgan fingerprint density at radius 3 is 2.63 bits per heavy atom. The summed E-state index contributed by atoms with van der Waals surface area (Å²) in [6.07, 6.45) is 0. The Balaban J connectivity index is 2.38. The molecule has 0 spiro atoms. The topological polar surface area (TPSA) is 40.5 Å². The van der Waals surface area contributed by atoms with Gasteiger partial charge in [-0.2, -0.15) is 0 Å². The molecule has 1 unspecified atom stereocenters. The van der Waals surface area contributed by atoms with E-state index in [0.717, 1.165) is 16.5 Å². The average Bonchev–Trinajstić information content (AvgIpc) is 2.44. The predicted octanol–water partition coefficient (Wildman–Crippen LogP) is 3.36. The molecule has 2 aromatic carbocycles. The van der Waals surface area contributed by atoms with E-state index in [-0.39, 0.29) is 0 Å². The fourth-order valence-corrected chi connectivity index (χ4v) is 2.32. The van der Waals surface area contributed by atoms with E-state index in [1.54, 1.807) is 0 Å². The molecule has 19 heavy (non-hydrogen) atoms. The minimum Gasteiger partial charge on any atom is -0.480 e. The van der Waals surface area contributed by atoms with Crippen molar-refractivity contribution in [2.45, 2.75) is 12.3 Å². The molecule has 0 saturated carbocycles. The molecule has 0 amide bonds. The van der Waals surface area contributed by atoms with Gasteiger partial charge in [0, 0.05) is 24.2 Å². The zero-order chi connectivity index (χ0) is 13.8.